The number of carboxylic acid groups (broad SMARTS) is 1. The molecule has 92 heavy (non-hydrogen) atoms. The highest BCUT2D eigenvalue weighted by atomic mass is 35.5. The van der Waals surface area contributed by atoms with E-state index in [1.165, 1.54) is 54.2 Å². The molecular formula is C68H70Cl3N9O12. The van der Waals surface area contributed by atoms with Crippen LogP contribution in [0.3, 0.4) is 0 Å². The van der Waals surface area contributed by atoms with Crippen LogP contribution < -0.4 is 31.1 Å². The largest absolute Gasteiger partial charge is 0.507 e. The van der Waals surface area contributed by atoms with Crippen molar-refractivity contribution in [1.82, 2.24) is 19.7 Å². The first-order chi connectivity index (χ1) is 44.0. The third-order valence-corrected chi connectivity index (χ3v) is 16.6. The minimum Gasteiger partial charge on any atom is -0.507 e. The lowest BCUT2D eigenvalue weighted by Crippen LogP contribution is -2.46. The topological polar surface area (TPSA) is 292 Å². The Bertz CT molecular complexity index is 4120. The number of nitrogens with one attached hydrogen (secondary N) is 1. The Labute approximate surface area is 546 Å². The number of azo groups is 1. The molecule has 24 heteroatoms. The van der Waals surface area contributed by atoms with Crippen LogP contribution in [0.25, 0.3) is 16.5 Å². The number of nitrogens with two attached hydrogens (primary N) is 1. The number of nitrogens with zero attached hydrogens (tertiary/aromatic N) is 7. The molecule has 21 nitrogen and oxygen atoms in total. The molecule has 0 bridgehead atoms. The number of anilines is 1. The molecule has 2 aromatic heterocycles. The van der Waals surface area contributed by atoms with Crippen LogP contribution in [0.1, 0.15) is 129 Å². The minimum absolute atomic E-state index is 0.0188. The summed E-state index contributed by atoms with van der Waals surface area (Å²) in [6.07, 6.45) is 5.96. The van der Waals surface area contributed by atoms with Crippen LogP contribution in [0.5, 0.6) is 23.1 Å². The first-order valence-corrected chi connectivity index (χ1v) is 30.8. The van der Waals surface area contributed by atoms with E-state index in [0.29, 0.717) is 46.2 Å². The average molecular weight is 1310 g/mol. The number of phenolic OH excluding ortho intramolecular Hbond substituents is 1. The maximum absolute atomic E-state index is 14.1. The summed E-state index contributed by atoms with van der Waals surface area (Å²) >= 11 is 19.0. The number of amides is 3. The van der Waals surface area contributed by atoms with E-state index in [4.69, 9.17) is 54.7 Å². The summed E-state index contributed by atoms with van der Waals surface area (Å²) in [6, 6.07) is 34.8. The van der Waals surface area contributed by atoms with Crippen LogP contribution in [0.2, 0.25) is 15.1 Å². The van der Waals surface area contributed by atoms with Crippen LogP contribution in [0.4, 0.5) is 17.1 Å². The fraction of sp³-hybridized carbons (Fsp3) is 0.294. The molecule has 480 valence electrons. The van der Waals surface area contributed by atoms with E-state index in [0.717, 1.165) is 39.7 Å². The number of benzene rings is 6. The molecule has 4 atom stereocenters. The minimum atomic E-state index is -1.35. The van der Waals surface area contributed by atoms with E-state index >= 15 is 0 Å². The molecule has 0 spiro atoms. The van der Waals surface area contributed by atoms with Crippen molar-refractivity contribution in [1.29, 1.82) is 0 Å². The van der Waals surface area contributed by atoms with Crippen LogP contribution in [-0.4, -0.2) is 85.0 Å². The molecule has 4 unspecified atom stereocenters. The summed E-state index contributed by atoms with van der Waals surface area (Å²) in [5.74, 6) is -3.33. The van der Waals surface area contributed by atoms with E-state index in [9.17, 15) is 44.1 Å². The molecule has 0 saturated heterocycles. The normalized spacial score (nSPS) is 14.3. The SMILES string of the molecule is CCCCOC(=O)C(CC(C)c1ccccc1)CC(C)(CC)C(=O)NC1=NN(c2c(Cl)cc(Cl)cc2Cl)C(=O)C1n1cccn1.Cc1c(C(N)=O)c(O)n(-c2ccccc2C(=O)O)c(=O)c1N=Nc1ccc(OCCOc2cc(C(C)C)c(O)c3ccccc23)cc1. The number of pyridine rings is 1. The van der Waals surface area contributed by atoms with Crippen LogP contribution in [-0.2, 0) is 19.1 Å². The van der Waals surface area contributed by atoms with Gasteiger partial charge in [-0.25, -0.2) is 9.36 Å². The summed E-state index contributed by atoms with van der Waals surface area (Å²) in [4.78, 5) is 78.8. The van der Waals surface area contributed by atoms with E-state index in [1.54, 1.807) is 36.5 Å². The third-order valence-electron chi connectivity index (χ3n) is 15.8. The lowest BCUT2D eigenvalue weighted by atomic mass is 9.75. The number of para-hydroxylation sites is 1. The molecule has 9 rings (SSSR count). The lowest BCUT2D eigenvalue weighted by molar-refractivity contribution is -0.151. The number of hydrogen-bond donors (Lipinski definition) is 5. The van der Waals surface area contributed by atoms with Gasteiger partial charge in [0.15, 0.2) is 17.6 Å². The number of carbonyl (C=O) groups excluding carboxylic acids is 4. The van der Waals surface area contributed by atoms with E-state index in [-0.39, 0.29) is 93.2 Å². The molecule has 0 aliphatic carbocycles. The highest BCUT2D eigenvalue weighted by Gasteiger charge is 2.45. The first-order valence-electron chi connectivity index (χ1n) is 29.7. The number of primary amides is 1. The smallest absolute Gasteiger partial charge is 0.337 e. The number of fused-ring (bicyclic) bond motifs is 1. The number of hydrogen-bond acceptors (Lipinski definition) is 15. The van der Waals surface area contributed by atoms with Gasteiger partial charge in [0.1, 0.15) is 41.7 Å². The van der Waals surface area contributed by atoms with Crippen molar-refractivity contribution < 1.29 is 53.5 Å². The Hall–Kier alpha value is -9.57. The van der Waals surface area contributed by atoms with Gasteiger partial charge in [-0.2, -0.15) is 15.2 Å². The zero-order chi connectivity index (χ0) is 66.6. The maximum atomic E-state index is 14.1. The highest BCUT2D eigenvalue weighted by Crippen LogP contribution is 2.42. The van der Waals surface area contributed by atoms with Gasteiger partial charge in [0.2, 0.25) is 11.8 Å². The van der Waals surface area contributed by atoms with Crippen molar-refractivity contribution in [2.24, 2.45) is 32.4 Å². The summed E-state index contributed by atoms with van der Waals surface area (Å²) in [7, 11) is 0. The maximum Gasteiger partial charge on any atom is 0.337 e. The molecule has 8 aromatic rings. The second-order valence-electron chi connectivity index (χ2n) is 22.5. The Kier molecular flexibility index (Phi) is 22.7. The van der Waals surface area contributed by atoms with Gasteiger partial charge >= 0.3 is 11.9 Å². The third kappa shape index (κ3) is 15.6. The van der Waals surface area contributed by atoms with Crippen LogP contribution >= 0.6 is 34.8 Å². The number of rotatable bonds is 24. The molecular weight excluding hydrogens is 1240 g/mol. The van der Waals surface area contributed by atoms with Crippen LogP contribution in [0.15, 0.2) is 160 Å². The molecule has 6 aromatic carbocycles. The van der Waals surface area contributed by atoms with Gasteiger partial charge in [0.25, 0.3) is 17.4 Å². The Morgan fingerprint density at radius 2 is 1.47 bits per heavy atom. The molecule has 0 radical (unpaired) electrons. The van der Waals surface area contributed by atoms with Crippen molar-refractivity contribution >= 4 is 98.1 Å². The van der Waals surface area contributed by atoms with Crippen LogP contribution in [0, 0.1) is 18.3 Å². The van der Waals surface area contributed by atoms with Crippen molar-refractivity contribution in [3.05, 3.63) is 193 Å². The zero-order valence-corrected chi connectivity index (χ0v) is 53.9. The zero-order valence-electron chi connectivity index (χ0n) is 51.6. The van der Waals surface area contributed by atoms with Gasteiger partial charge in [-0.1, -0.05) is 149 Å². The van der Waals surface area contributed by atoms with Crippen molar-refractivity contribution in [2.75, 3.05) is 24.8 Å². The second kappa shape index (κ2) is 30.5. The molecule has 3 heterocycles. The van der Waals surface area contributed by atoms with Gasteiger partial charge in [-0.15, -0.1) is 10.2 Å². The molecule has 6 N–H and O–H groups in total. The quantitative estimate of drug-likeness (QED) is 0.0214. The van der Waals surface area contributed by atoms with Gasteiger partial charge in [-0.3, -0.25) is 28.7 Å². The average Bonchev–Trinajstić information content (AvgIpc) is 1.12. The lowest BCUT2D eigenvalue weighted by Gasteiger charge is -2.32. The molecule has 1 aliphatic rings. The number of carboxylic acids is 1. The summed E-state index contributed by atoms with van der Waals surface area (Å²) in [5.41, 5.74) is 4.78. The molecule has 0 saturated carbocycles. The van der Waals surface area contributed by atoms with E-state index in [2.05, 4.69) is 32.7 Å². The predicted molar refractivity (Wildman–Crippen MR) is 353 cm³/mol. The number of esters is 1. The number of halogens is 3. The number of aromatic carboxylic acids is 1. The number of aromatic nitrogens is 3. The van der Waals surface area contributed by atoms with E-state index < -0.39 is 52.2 Å². The monoisotopic (exact) mass is 1310 g/mol. The van der Waals surface area contributed by atoms with E-state index in [1.807, 2.05) is 95.3 Å². The van der Waals surface area contributed by atoms with Crippen molar-refractivity contribution in [2.45, 2.75) is 98.4 Å². The summed E-state index contributed by atoms with van der Waals surface area (Å²) in [6.45, 7) is 14.0. The fourth-order valence-corrected chi connectivity index (χ4v) is 11.5. The number of amidine groups is 1. The van der Waals surface area contributed by atoms with Crippen molar-refractivity contribution in [3.8, 4) is 28.8 Å². The Balaban J connectivity index is 0.000000237. The number of phenols is 1. The molecule has 3 amide bonds. The predicted octanol–water partition coefficient (Wildman–Crippen LogP) is 14.3. The standard InChI is InChI=1S/C35H32N4O8.C33H38Cl3N5O4/c1-19(2)26-18-28(23-8-4-5-9-24(23)31(26)40)47-17-16-46-22-14-12-21(13-15-22)37-38-30-20(3)29(32(36)41)33(42)39(34(30)43)27-11-7-6-10-25(27)35(44)45;1-5-7-16-45-31(43)23(17-21(3)22-12-9-8-10-13-22)20-33(4,6-2)32(44)38-29-28(40-15-11-14-37-40)30(42)41(39-29)27-25(35)18-24(34)19-26(27)36/h4-15,18-19,40,42H,16-17H2,1-3H3,(H2,36,41)(H,44,45);8-15,18-19,21,23,28H,5-7,16-17,20H2,1-4H3,(H,38,39,44). The fourth-order valence-electron chi connectivity index (χ4n) is 10.5. The van der Waals surface area contributed by atoms with Gasteiger partial charge in [0, 0.05) is 44.7 Å². The van der Waals surface area contributed by atoms with Gasteiger partial charge in [-0.05, 0) is 111 Å². The number of carbonyl (C=O) groups is 5. The molecule has 1 aliphatic heterocycles. The summed E-state index contributed by atoms with van der Waals surface area (Å²) < 4.78 is 19.6. The number of aromatic hydroxyl groups is 2. The first kappa shape index (κ1) is 68.3. The Morgan fingerprint density at radius 3 is 2.10 bits per heavy atom. The summed E-state index contributed by atoms with van der Waals surface area (Å²) in [5, 5.41) is 54.0. The van der Waals surface area contributed by atoms with Crippen molar-refractivity contribution in [3.63, 3.8) is 0 Å². The van der Waals surface area contributed by atoms with Gasteiger partial charge < -0.3 is 40.6 Å². The number of hydrazone groups is 1. The van der Waals surface area contributed by atoms with Gasteiger partial charge in [0.05, 0.1) is 39.5 Å². The number of ether oxygens (including phenoxy) is 3. The number of unbranched alkanes of at least 4 members (excludes halogenated alkanes) is 1. The highest BCUT2D eigenvalue weighted by molar-refractivity contribution is 6.43. The second-order valence-corrected chi connectivity index (χ2v) is 23.7. The Morgan fingerprint density at radius 1 is 0.815 bits per heavy atom. The molecule has 0 fully saturated rings.